The third-order valence-corrected chi connectivity index (χ3v) is 6.73. The number of benzene rings is 2. The van der Waals surface area contributed by atoms with Gasteiger partial charge >= 0.3 is 0 Å². The van der Waals surface area contributed by atoms with Gasteiger partial charge in [-0.3, -0.25) is 4.79 Å². The van der Waals surface area contributed by atoms with Gasteiger partial charge in [0.25, 0.3) is 0 Å². The molecule has 0 radical (unpaired) electrons. The van der Waals surface area contributed by atoms with Crippen LogP contribution in [0.25, 0.3) is 0 Å². The number of halogens is 1. The van der Waals surface area contributed by atoms with Crippen LogP contribution >= 0.6 is 11.6 Å². The van der Waals surface area contributed by atoms with Gasteiger partial charge in [-0.25, -0.2) is 0 Å². The lowest BCUT2D eigenvalue weighted by atomic mass is 9.81. The number of amides is 1. The first-order chi connectivity index (χ1) is 14.5. The molecule has 2 aromatic carbocycles. The van der Waals surface area contributed by atoms with E-state index in [1.54, 1.807) is 0 Å². The van der Waals surface area contributed by atoms with Crippen LogP contribution in [-0.2, 0) is 17.6 Å². The molecular weight excluding hydrogens is 396 g/mol. The molecule has 2 atom stereocenters. The average molecular weight is 429 g/mol. The van der Waals surface area contributed by atoms with E-state index in [0.717, 1.165) is 38.8 Å². The minimum atomic E-state index is 0.0725. The molecule has 3 rings (SSSR count). The van der Waals surface area contributed by atoms with Crippen LogP contribution in [0.15, 0.2) is 42.5 Å². The van der Waals surface area contributed by atoms with Crippen LogP contribution in [-0.4, -0.2) is 35.6 Å². The largest absolute Gasteiger partial charge is 0.398 e. The minimum absolute atomic E-state index is 0.0725. The summed E-state index contributed by atoms with van der Waals surface area (Å²) in [6.07, 6.45) is 5.06. The molecule has 1 heterocycles. The summed E-state index contributed by atoms with van der Waals surface area (Å²) in [6.45, 7) is 3.89. The monoisotopic (exact) mass is 428 g/mol. The number of aliphatic hydroxyl groups is 1. The molecule has 0 aromatic heterocycles. The van der Waals surface area contributed by atoms with Crippen LogP contribution in [0.4, 0.5) is 5.69 Å². The van der Waals surface area contributed by atoms with Gasteiger partial charge in [-0.2, -0.15) is 0 Å². The third-order valence-electron chi connectivity index (χ3n) is 6.40. The summed E-state index contributed by atoms with van der Waals surface area (Å²) < 4.78 is 0. The van der Waals surface area contributed by atoms with Gasteiger partial charge in [0.2, 0.25) is 5.91 Å². The van der Waals surface area contributed by atoms with Crippen LogP contribution in [0, 0.1) is 18.8 Å². The fourth-order valence-electron chi connectivity index (χ4n) is 4.49. The number of hydrogen-bond donors (Lipinski definition) is 2. The first kappa shape index (κ1) is 22.6. The predicted octanol–water partition coefficient (Wildman–Crippen LogP) is 4.64. The molecule has 1 fully saturated rings. The Morgan fingerprint density at radius 1 is 1.30 bits per heavy atom. The topological polar surface area (TPSA) is 66.6 Å². The molecule has 4 nitrogen and oxygen atoms in total. The fraction of sp³-hybridized carbons (Fsp3) is 0.480. The molecule has 1 aliphatic rings. The van der Waals surface area contributed by atoms with Crippen LogP contribution in [0.3, 0.4) is 0 Å². The van der Waals surface area contributed by atoms with Gasteiger partial charge in [-0.05, 0) is 79.7 Å². The lowest BCUT2D eigenvalue weighted by molar-refractivity contribution is -0.130. The Morgan fingerprint density at radius 3 is 2.83 bits per heavy atom. The van der Waals surface area contributed by atoms with Crippen molar-refractivity contribution in [1.82, 2.24) is 4.90 Å². The number of carbonyl (C=O) groups is 1. The highest BCUT2D eigenvalue weighted by atomic mass is 35.5. The summed E-state index contributed by atoms with van der Waals surface area (Å²) in [7, 11) is 0. The Hall–Kier alpha value is -2.04. The summed E-state index contributed by atoms with van der Waals surface area (Å²) in [6, 6.07) is 14.5. The highest BCUT2D eigenvalue weighted by molar-refractivity contribution is 6.33. The molecule has 1 amide bonds. The van der Waals surface area contributed by atoms with Gasteiger partial charge in [0.15, 0.2) is 0 Å². The highest BCUT2D eigenvalue weighted by Crippen LogP contribution is 2.32. The van der Waals surface area contributed by atoms with Crippen molar-refractivity contribution < 1.29 is 9.90 Å². The Kier molecular flexibility index (Phi) is 8.17. The van der Waals surface area contributed by atoms with E-state index in [2.05, 4.69) is 37.3 Å². The molecule has 3 N–H and O–H groups in total. The second-order valence-electron chi connectivity index (χ2n) is 8.50. The molecule has 2 aromatic rings. The zero-order valence-electron chi connectivity index (χ0n) is 17.8. The van der Waals surface area contributed by atoms with Crippen LogP contribution in [0.5, 0.6) is 0 Å². The Labute approximate surface area is 185 Å². The maximum Gasteiger partial charge on any atom is 0.222 e. The quantitative estimate of drug-likeness (QED) is 0.571. The first-order valence-electron chi connectivity index (χ1n) is 10.9. The zero-order chi connectivity index (χ0) is 21.5. The number of hydrogen-bond acceptors (Lipinski definition) is 3. The SMILES string of the molecule is Cc1ccccc1C[C@H](CCc1ccc(N)c(Cl)c1)C1CCN(C(=O)CCCO)C1. The van der Waals surface area contributed by atoms with Crippen LogP contribution in [0.2, 0.25) is 5.02 Å². The Bertz CT molecular complexity index is 855. The molecule has 162 valence electrons. The van der Waals surface area contributed by atoms with Crippen molar-refractivity contribution in [3.63, 3.8) is 0 Å². The summed E-state index contributed by atoms with van der Waals surface area (Å²) in [4.78, 5) is 14.4. The molecule has 1 aliphatic heterocycles. The van der Waals surface area contributed by atoms with Gasteiger partial charge in [0, 0.05) is 26.1 Å². The van der Waals surface area contributed by atoms with Gasteiger partial charge < -0.3 is 15.7 Å². The number of nitrogens with zero attached hydrogens (tertiary/aromatic N) is 1. The molecule has 0 aliphatic carbocycles. The van der Waals surface area contributed by atoms with Crippen molar-refractivity contribution in [1.29, 1.82) is 0 Å². The number of carbonyl (C=O) groups excluding carboxylic acids is 1. The summed E-state index contributed by atoms with van der Waals surface area (Å²) in [5.74, 6) is 1.16. The maximum absolute atomic E-state index is 12.4. The molecular formula is C25H33ClN2O2. The standard InChI is InChI=1S/C25H33ClN2O2/c1-18-5-2-3-6-20(18)16-21(10-8-19-9-11-24(27)23(26)15-19)22-12-13-28(17-22)25(30)7-4-14-29/h2-3,5-6,9,11,15,21-22,29H,4,7-8,10,12-14,16-17,27H2,1H3/t21-,22?/m0/s1. The second-order valence-corrected chi connectivity index (χ2v) is 8.91. The van der Waals surface area contributed by atoms with Crippen molar-refractivity contribution in [2.24, 2.45) is 11.8 Å². The van der Waals surface area contributed by atoms with Gasteiger partial charge in [-0.1, -0.05) is 41.9 Å². The smallest absolute Gasteiger partial charge is 0.222 e. The number of anilines is 1. The van der Waals surface area contributed by atoms with E-state index in [1.807, 2.05) is 17.0 Å². The molecule has 0 saturated carbocycles. The summed E-state index contributed by atoms with van der Waals surface area (Å²) in [5.41, 5.74) is 10.4. The highest BCUT2D eigenvalue weighted by Gasteiger charge is 2.31. The molecule has 0 bridgehead atoms. The van der Waals surface area contributed by atoms with E-state index < -0.39 is 0 Å². The molecule has 1 saturated heterocycles. The fourth-order valence-corrected chi connectivity index (χ4v) is 4.69. The Morgan fingerprint density at radius 2 is 2.10 bits per heavy atom. The van der Waals surface area contributed by atoms with Crippen LogP contribution in [0.1, 0.15) is 42.4 Å². The molecule has 5 heteroatoms. The summed E-state index contributed by atoms with van der Waals surface area (Å²) >= 11 is 6.22. The van der Waals surface area contributed by atoms with Crippen molar-refractivity contribution in [2.45, 2.75) is 45.4 Å². The normalized spacial score (nSPS) is 17.3. The van der Waals surface area contributed by atoms with Gasteiger partial charge in [-0.15, -0.1) is 0 Å². The van der Waals surface area contributed by atoms with Gasteiger partial charge in [0.1, 0.15) is 0 Å². The summed E-state index contributed by atoms with van der Waals surface area (Å²) in [5, 5.41) is 9.63. The van der Waals surface area contributed by atoms with Gasteiger partial charge in [0.05, 0.1) is 10.7 Å². The number of aryl methyl sites for hydroxylation is 2. The van der Waals surface area contributed by atoms with E-state index >= 15 is 0 Å². The van der Waals surface area contributed by atoms with E-state index in [9.17, 15) is 4.79 Å². The number of aliphatic hydroxyl groups excluding tert-OH is 1. The average Bonchev–Trinajstić information content (AvgIpc) is 3.23. The molecule has 30 heavy (non-hydrogen) atoms. The molecule has 0 spiro atoms. The van der Waals surface area contributed by atoms with Crippen LogP contribution < -0.4 is 5.73 Å². The van der Waals surface area contributed by atoms with E-state index in [1.165, 1.54) is 16.7 Å². The number of nitrogen functional groups attached to an aromatic ring is 1. The lowest BCUT2D eigenvalue weighted by Crippen LogP contribution is -2.30. The van der Waals surface area contributed by atoms with Crippen molar-refractivity contribution >= 4 is 23.2 Å². The Balaban J connectivity index is 1.70. The second kappa shape index (κ2) is 10.8. The number of nitrogens with two attached hydrogens (primary N) is 1. The van der Waals surface area contributed by atoms with Crippen molar-refractivity contribution in [3.05, 3.63) is 64.2 Å². The van der Waals surface area contributed by atoms with E-state index in [-0.39, 0.29) is 12.5 Å². The van der Waals surface area contributed by atoms with Crippen molar-refractivity contribution in [3.8, 4) is 0 Å². The molecule has 1 unspecified atom stereocenters. The van der Waals surface area contributed by atoms with E-state index in [4.69, 9.17) is 22.4 Å². The predicted molar refractivity (Wildman–Crippen MR) is 124 cm³/mol. The number of likely N-dealkylation sites (tertiary alicyclic amines) is 1. The minimum Gasteiger partial charge on any atom is -0.398 e. The maximum atomic E-state index is 12.4. The van der Waals surface area contributed by atoms with Crippen molar-refractivity contribution in [2.75, 3.05) is 25.4 Å². The first-order valence-corrected chi connectivity index (χ1v) is 11.3. The number of rotatable bonds is 9. The zero-order valence-corrected chi connectivity index (χ0v) is 18.6. The lowest BCUT2D eigenvalue weighted by Gasteiger charge is -2.25. The third kappa shape index (κ3) is 5.99. The van der Waals surface area contributed by atoms with E-state index in [0.29, 0.717) is 35.4 Å².